The molecule has 124 valence electrons. The van der Waals surface area contributed by atoms with E-state index < -0.39 is 6.10 Å². The third kappa shape index (κ3) is 4.31. The molecule has 0 unspecified atom stereocenters. The van der Waals surface area contributed by atoms with E-state index >= 15 is 0 Å². The van der Waals surface area contributed by atoms with Crippen LogP contribution in [0.2, 0.25) is 15.1 Å². The molecule has 1 N–H and O–H groups in total. The molecular formula is C15H16Cl3N3O2. The lowest BCUT2D eigenvalue weighted by atomic mass is 10.3. The summed E-state index contributed by atoms with van der Waals surface area (Å²) < 4.78 is 7.28. The van der Waals surface area contributed by atoms with Gasteiger partial charge in [-0.3, -0.25) is 4.79 Å². The highest BCUT2D eigenvalue weighted by molar-refractivity contribution is 6.43. The van der Waals surface area contributed by atoms with Crippen LogP contribution in [0.5, 0.6) is 5.75 Å². The van der Waals surface area contributed by atoms with Crippen molar-refractivity contribution in [2.45, 2.75) is 32.9 Å². The van der Waals surface area contributed by atoms with Crippen molar-refractivity contribution in [2.75, 3.05) is 5.32 Å². The van der Waals surface area contributed by atoms with E-state index in [9.17, 15) is 4.79 Å². The number of ether oxygens (including phenoxy) is 1. The van der Waals surface area contributed by atoms with Gasteiger partial charge in [0.25, 0.3) is 5.91 Å². The first kappa shape index (κ1) is 17.9. The summed E-state index contributed by atoms with van der Waals surface area (Å²) in [5, 5.41) is 7.83. The lowest BCUT2D eigenvalue weighted by Crippen LogP contribution is -2.31. The molecule has 1 heterocycles. The molecule has 0 fully saturated rings. The molecule has 2 rings (SSSR count). The largest absolute Gasteiger partial charge is 0.479 e. The summed E-state index contributed by atoms with van der Waals surface area (Å²) in [5.41, 5.74) is 0. The summed E-state index contributed by atoms with van der Waals surface area (Å²) in [4.78, 5) is 12.3. The van der Waals surface area contributed by atoms with Crippen molar-refractivity contribution in [2.24, 2.45) is 0 Å². The quantitative estimate of drug-likeness (QED) is 0.760. The fraction of sp³-hybridized carbons (Fsp3) is 0.333. The van der Waals surface area contributed by atoms with Crippen LogP contribution < -0.4 is 10.1 Å². The van der Waals surface area contributed by atoms with E-state index in [1.807, 2.05) is 13.8 Å². The highest BCUT2D eigenvalue weighted by Crippen LogP contribution is 2.34. The molecule has 23 heavy (non-hydrogen) atoms. The first-order valence-electron chi connectivity index (χ1n) is 6.95. The molecule has 0 aliphatic heterocycles. The number of nitrogens with zero attached hydrogens (tertiary/aromatic N) is 2. The highest BCUT2D eigenvalue weighted by Gasteiger charge is 2.19. The van der Waals surface area contributed by atoms with Gasteiger partial charge in [0.05, 0.1) is 21.3 Å². The predicted octanol–water partition coefficient (Wildman–Crippen LogP) is 4.83. The Morgan fingerprint density at radius 1 is 1.17 bits per heavy atom. The van der Waals surface area contributed by atoms with Crippen LogP contribution >= 0.6 is 34.8 Å². The molecule has 1 atom stereocenters. The van der Waals surface area contributed by atoms with Crippen LogP contribution in [0.15, 0.2) is 24.4 Å². The number of hydrogen-bond donors (Lipinski definition) is 1. The molecule has 2 aromatic rings. The van der Waals surface area contributed by atoms with Crippen molar-refractivity contribution in [1.29, 1.82) is 0 Å². The average molecular weight is 377 g/mol. The monoisotopic (exact) mass is 375 g/mol. The number of hydrogen-bond acceptors (Lipinski definition) is 3. The number of aromatic nitrogens is 2. The van der Waals surface area contributed by atoms with Gasteiger partial charge >= 0.3 is 0 Å². The van der Waals surface area contributed by atoms with Crippen molar-refractivity contribution >= 4 is 46.5 Å². The Balaban J connectivity index is 2.09. The molecule has 0 saturated carbocycles. The molecule has 1 aromatic carbocycles. The van der Waals surface area contributed by atoms with Gasteiger partial charge in [-0.15, -0.1) is 0 Å². The Morgan fingerprint density at radius 2 is 1.83 bits per heavy atom. The van der Waals surface area contributed by atoms with Crippen LogP contribution in [0.1, 0.15) is 26.8 Å². The highest BCUT2D eigenvalue weighted by atomic mass is 35.5. The number of amides is 1. The summed E-state index contributed by atoms with van der Waals surface area (Å²) in [7, 11) is 0. The lowest BCUT2D eigenvalue weighted by Gasteiger charge is -2.17. The average Bonchev–Trinajstić information content (AvgIpc) is 2.92. The summed E-state index contributed by atoms with van der Waals surface area (Å²) in [5.74, 6) is 0.566. The predicted molar refractivity (Wildman–Crippen MR) is 92.8 cm³/mol. The van der Waals surface area contributed by atoms with Gasteiger partial charge in [0.2, 0.25) is 0 Å². The van der Waals surface area contributed by atoms with E-state index in [-0.39, 0.29) is 17.0 Å². The Bertz CT molecular complexity index is 716. The van der Waals surface area contributed by atoms with Gasteiger partial charge in [-0.1, -0.05) is 34.8 Å². The maximum Gasteiger partial charge on any atom is 0.266 e. The Morgan fingerprint density at radius 3 is 2.48 bits per heavy atom. The Hall–Kier alpha value is -1.43. The van der Waals surface area contributed by atoms with Crippen molar-refractivity contribution < 1.29 is 9.53 Å². The molecule has 0 aliphatic rings. The van der Waals surface area contributed by atoms with Crippen molar-refractivity contribution in [3.05, 3.63) is 39.5 Å². The molecule has 5 nitrogen and oxygen atoms in total. The van der Waals surface area contributed by atoms with Crippen LogP contribution in [-0.2, 0) is 4.79 Å². The van der Waals surface area contributed by atoms with Crippen LogP contribution in [0.3, 0.4) is 0 Å². The van der Waals surface area contributed by atoms with E-state index in [4.69, 9.17) is 39.5 Å². The maximum atomic E-state index is 12.3. The molecule has 0 spiro atoms. The van der Waals surface area contributed by atoms with E-state index in [2.05, 4.69) is 10.4 Å². The molecule has 1 aromatic heterocycles. The number of benzene rings is 1. The Labute approximate surface area is 149 Å². The van der Waals surface area contributed by atoms with Gasteiger partial charge in [-0.25, -0.2) is 4.68 Å². The van der Waals surface area contributed by atoms with Crippen molar-refractivity contribution in [3.63, 3.8) is 0 Å². The molecular weight excluding hydrogens is 361 g/mol. The first-order valence-corrected chi connectivity index (χ1v) is 8.08. The lowest BCUT2D eigenvalue weighted by molar-refractivity contribution is -0.122. The van der Waals surface area contributed by atoms with Crippen LogP contribution in [0.25, 0.3) is 0 Å². The number of carbonyl (C=O) groups is 1. The van der Waals surface area contributed by atoms with E-state index in [0.717, 1.165) is 0 Å². The van der Waals surface area contributed by atoms with E-state index in [1.165, 1.54) is 12.1 Å². The smallest absolute Gasteiger partial charge is 0.266 e. The zero-order valence-corrected chi connectivity index (χ0v) is 15.1. The number of halogens is 3. The second kappa shape index (κ2) is 7.43. The van der Waals surface area contributed by atoms with Gasteiger partial charge in [0.1, 0.15) is 11.6 Å². The fourth-order valence-corrected chi connectivity index (χ4v) is 2.47. The van der Waals surface area contributed by atoms with Gasteiger partial charge in [0.15, 0.2) is 6.10 Å². The number of carbonyl (C=O) groups excluding carboxylic acids is 1. The second-order valence-corrected chi connectivity index (χ2v) is 6.42. The number of nitrogens with one attached hydrogen (secondary N) is 1. The minimum absolute atomic E-state index is 0.126. The standard InChI is InChI=1S/C15H16Cl3N3O2/c1-8(2)21-14(4-5-19-21)20-15(22)9(3)23-13-7-11(17)10(16)6-12(13)18/h4-9H,1-3H3,(H,20,22)/t9-/m0/s1. The molecule has 8 heteroatoms. The molecule has 0 radical (unpaired) electrons. The third-order valence-electron chi connectivity index (χ3n) is 3.06. The minimum Gasteiger partial charge on any atom is -0.479 e. The number of rotatable bonds is 5. The van der Waals surface area contributed by atoms with E-state index in [0.29, 0.717) is 21.6 Å². The summed E-state index contributed by atoms with van der Waals surface area (Å²) in [6, 6.07) is 4.80. The van der Waals surface area contributed by atoms with Crippen molar-refractivity contribution in [1.82, 2.24) is 9.78 Å². The van der Waals surface area contributed by atoms with Gasteiger partial charge in [0, 0.05) is 18.2 Å². The second-order valence-electron chi connectivity index (χ2n) is 5.20. The number of anilines is 1. The summed E-state index contributed by atoms with van der Waals surface area (Å²) in [6.07, 6.45) is 0.844. The fourth-order valence-electron chi connectivity index (χ4n) is 1.89. The van der Waals surface area contributed by atoms with Gasteiger partial charge < -0.3 is 10.1 Å². The molecule has 0 saturated heterocycles. The van der Waals surface area contributed by atoms with Gasteiger partial charge in [-0.05, 0) is 26.8 Å². The summed E-state index contributed by atoms with van der Waals surface area (Å²) in [6.45, 7) is 5.56. The summed E-state index contributed by atoms with van der Waals surface area (Å²) >= 11 is 17.8. The topological polar surface area (TPSA) is 56.2 Å². The maximum absolute atomic E-state index is 12.3. The molecule has 1 amide bonds. The zero-order chi connectivity index (χ0) is 17.1. The SMILES string of the molecule is CC(C)n1nccc1NC(=O)[C@H](C)Oc1cc(Cl)c(Cl)cc1Cl. The molecule has 0 aliphatic carbocycles. The molecule has 0 bridgehead atoms. The Kier molecular flexibility index (Phi) is 5.79. The first-order chi connectivity index (χ1) is 10.8. The normalized spacial score (nSPS) is 12.3. The third-order valence-corrected chi connectivity index (χ3v) is 4.08. The minimum atomic E-state index is -0.778. The van der Waals surface area contributed by atoms with E-state index in [1.54, 1.807) is 23.9 Å². The van der Waals surface area contributed by atoms with Crippen LogP contribution in [-0.4, -0.2) is 21.8 Å². The van der Waals surface area contributed by atoms with Gasteiger partial charge in [-0.2, -0.15) is 5.10 Å². The zero-order valence-electron chi connectivity index (χ0n) is 12.8. The van der Waals surface area contributed by atoms with Crippen LogP contribution in [0, 0.1) is 0 Å². The van der Waals surface area contributed by atoms with Crippen LogP contribution in [0.4, 0.5) is 5.82 Å². The van der Waals surface area contributed by atoms with Crippen molar-refractivity contribution in [3.8, 4) is 5.75 Å².